The van der Waals surface area contributed by atoms with E-state index in [0.29, 0.717) is 28.7 Å². The fourth-order valence-corrected chi connectivity index (χ4v) is 5.33. The summed E-state index contributed by atoms with van der Waals surface area (Å²) < 4.78 is 3.59. The molecule has 0 radical (unpaired) electrons. The number of aromatic nitrogens is 3. The molecule has 0 aliphatic heterocycles. The molecule has 0 bridgehead atoms. The quantitative estimate of drug-likeness (QED) is 0.400. The summed E-state index contributed by atoms with van der Waals surface area (Å²) >= 11 is 6.03. The Hall–Kier alpha value is -3.42. The topological polar surface area (TPSA) is 89.2 Å². The maximum atomic E-state index is 13.6. The Morgan fingerprint density at radius 1 is 1.08 bits per heavy atom. The van der Waals surface area contributed by atoms with Gasteiger partial charge in [0.1, 0.15) is 0 Å². The number of fused-ring (bicyclic) bond motifs is 1. The summed E-state index contributed by atoms with van der Waals surface area (Å²) in [6.07, 6.45) is 5.10. The number of pyridine rings is 1. The third-order valence-corrected chi connectivity index (χ3v) is 7.31. The predicted octanol–water partition coefficient (Wildman–Crippen LogP) is 4.63. The van der Waals surface area contributed by atoms with E-state index in [2.05, 4.69) is 10.3 Å². The molecule has 2 N–H and O–H groups in total. The van der Waals surface area contributed by atoms with E-state index in [1.165, 1.54) is 0 Å². The van der Waals surface area contributed by atoms with Crippen LogP contribution in [0.5, 0.6) is 0 Å². The Kier molecular flexibility index (Phi) is 6.94. The van der Waals surface area contributed by atoms with Crippen molar-refractivity contribution in [3.05, 3.63) is 93.1 Å². The molecule has 2 aromatic heterocycles. The second kappa shape index (κ2) is 10.3. The fourth-order valence-electron chi connectivity index (χ4n) is 5.18. The van der Waals surface area contributed by atoms with Crippen LogP contribution in [-0.4, -0.2) is 31.2 Å². The molecule has 186 valence electrons. The number of nitrogens with one attached hydrogen (secondary N) is 1. The van der Waals surface area contributed by atoms with Gasteiger partial charge < -0.3 is 10.4 Å². The van der Waals surface area contributed by atoms with Gasteiger partial charge in [0.05, 0.1) is 39.6 Å². The van der Waals surface area contributed by atoms with E-state index in [1.807, 2.05) is 53.1 Å². The molecule has 0 spiro atoms. The van der Waals surface area contributed by atoms with Crippen LogP contribution in [0, 0.1) is 12.8 Å². The van der Waals surface area contributed by atoms with Crippen LogP contribution in [0.15, 0.2) is 65.6 Å². The van der Waals surface area contributed by atoms with Crippen LogP contribution < -0.4 is 11.0 Å². The first-order valence-corrected chi connectivity index (χ1v) is 12.7. The largest absolute Gasteiger partial charge is 0.392 e. The summed E-state index contributed by atoms with van der Waals surface area (Å²) in [6, 6.07) is 17.0. The van der Waals surface area contributed by atoms with Gasteiger partial charge in [-0.2, -0.15) is 0 Å². The van der Waals surface area contributed by atoms with Gasteiger partial charge in [-0.05, 0) is 74.4 Å². The lowest BCUT2D eigenvalue weighted by molar-refractivity contribution is 0.0919. The zero-order chi connectivity index (χ0) is 25.2. The summed E-state index contributed by atoms with van der Waals surface area (Å²) in [7, 11) is 0. The molecule has 5 rings (SSSR count). The first-order chi connectivity index (χ1) is 17.4. The van der Waals surface area contributed by atoms with Crippen LogP contribution in [0.1, 0.15) is 47.3 Å². The van der Waals surface area contributed by atoms with Gasteiger partial charge in [0.25, 0.3) is 5.91 Å². The Morgan fingerprint density at radius 2 is 1.83 bits per heavy atom. The molecule has 0 unspecified atom stereocenters. The number of imidazole rings is 1. The number of amides is 1. The molecule has 36 heavy (non-hydrogen) atoms. The first kappa shape index (κ1) is 24.3. The third-order valence-electron chi connectivity index (χ3n) is 7.11. The normalized spacial score (nSPS) is 17.9. The summed E-state index contributed by atoms with van der Waals surface area (Å²) in [4.78, 5) is 30.5. The van der Waals surface area contributed by atoms with Crippen LogP contribution in [0.3, 0.4) is 0 Å². The Balaban J connectivity index is 1.31. The van der Waals surface area contributed by atoms with Crippen LogP contribution in [-0.2, 0) is 13.2 Å². The van der Waals surface area contributed by atoms with Crippen molar-refractivity contribution >= 4 is 28.5 Å². The van der Waals surface area contributed by atoms with Gasteiger partial charge in [0, 0.05) is 18.8 Å². The number of aliphatic hydroxyl groups excluding tert-OH is 1. The van der Waals surface area contributed by atoms with Crippen molar-refractivity contribution in [3.8, 4) is 5.69 Å². The van der Waals surface area contributed by atoms with Gasteiger partial charge in [0.2, 0.25) is 0 Å². The number of aryl methyl sites for hydroxylation is 1. The van der Waals surface area contributed by atoms with Gasteiger partial charge >= 0.3 is 5.69 Å². The molecule has 4 aromatic rings. The zero-order valence-electron chi connectivity index (χ0n) is 20.2. The fraction of sp³-hybridized carbons (Fsp3) is 0.321. The number of carbonyl (C=O) groups excluding carboxylic acids is 1. The monoisotopic (exact) mass is 504 g/mol. The maximum absolute atomic E-state index is 13.6. The minimum atomic E-state index is -0.143. The number of para-hydroxylation sites is 2. The second-order valence-electron chi connectivity index (χ2n) is 9.52. The number of hydrogen-bond donors (Lipinski definition) is 2. The summed E-state index contributed by atoms with van der Waals surface area (Å²) in [5.74, 6) is 0.198. The van der Waals surface area contributed by atoms with Crippen molar-refractivity contribution in [1.82, 2.24) is 19.4 Å². The molecular formula is C28H29ClN4O3. The number of carbonyl (C=O) groups is 1. The van der Waals surface area contributed by atoms with E-state index >= 15 is 0 Å². The maximum Gasteiger partial charge on any atom is 0.333 e. The molecule has 7 nitrogen and oxygen atoms in total. The van der Waals surface area contributed by atoms with E-state index in [0.717, 1.165) is 48.0 Å². The predicted molar refractivity (Wildman–Crippen MR) is 141 cm³/mol. The van der Waals surface area contributed by atoms with Crippen LogP contribution in [0.2, 0.25) is 5.02 Å². The highest BCUT2D eigenvalue weighted by Crippen LogP contribution is 2.28. The number of nitrogens with zero attached hydrogens (tertiary/aromatic N) is 3. The molecular weight excluding hydrogens is 476 g/mol. The van der Waals surface area contributed by atoms with E-state index in [1.54, 1.807) is 23.8 Å². The lowest BCUT2D eigenvalue weighted by atomic mass is 9.85. The molecule has 1 amide bonds. The molecule has 1 fully saturated rings. The van der Waals surface area contributed by atoms with Crippen molar-refractivity contribution in [3.63, 3.8) is 0 Å². The lowest BCUT2D eigenvalue weighted by Gasteiger charge is -2.29. The van der Waals surface area contributed by atoms with Crippen LogP contribution >= 0.6 is 11.6 Å². The average Bonchev–Trinajstić information content (AvgIpc) is 3.17. The third kappa shape index (κ3) is 4.81. The summed E-state index contributed by atoms with van der Waals surface area (Å²) in [6.45, 7) is 2.36. The highest BCUT2D eigenvalue weighted by atomic mass is 35.5. The van der Waals surface area contributed by atoms with Crippen molar-refractivity contribution in [2.24, 2.45) is 5.92 Å². The SMILES string of the molecule is Cc1ncc(Cl)cc1C(=O)N[C@H]1CC[C@H](Cn2c(=O)n(-c3cccc(CO)c3)c3ccccc32)CC1. The molecule has 2 aromatic carbocycles. The van der Waals surface area contributed by atoms with Crippen molar-refractivity contribution in [2.75, 3.05) is 0 Å². The minimum absolute atomic E-state index is 0.0750. The van der Waals surface area contributed by atoms with Gasteiger partial charge in [0.15, 0.2) is 0 Å². The molecule has 0 atom stereocenters. The smallest absolute Gasteiger partial charge is 0.333 e. The van der Waals surface area contributed by atoms with E-state index in [-0.39, 0.29) is 24.2 Å². The lowest BCUT2D eigenvalue weighted by Crippen LogP contribution is -2.39. The molecule has 1 aliphatic rings. The molecule has 0 saturated heterocycles. The average molecular weight is 505 g/mol. The second-order valence-corrected chi connectivity index (χ2v) is 9.96. The highest BCUT2D eigenvalue weighted by Gasteiger charge is 2.25. The van der Waals surface area contributed by atoms with Gasteiger partial charge in [-0.15, -0.1) is 0 Å². The van der Waals surface area contributed by atoms with E-state index in [9.17, 15) is 14.7 Å². The molecule has 8 heteroatoms. The van der Waals surface area contributed by atoms with Gasteiger partial charge in [-0.1, -0.05) is 35.9 Å². The number of hydrogen-bond acceptors (Lipinski definition) is 4. The molecule has 2 heterocycles. The standard InChI is InChI=1S/C28H29ClN4O3/c1-18-24(14-21(29)15-30-18)27(35)31-22-11-9-19(10-12-22)16-32-25-7-2-3-8-26(25)33(28(32)36)23-6-4-5-20(13-23)17-34/h2-8,13-15,19,22,34H,9-12,16-17H2,1H3,(H,31,35)/t19-,22-. The zero-order valence-corrected chi connectivity index (χ0v) is 20.9. The van der Waals surface area contributed by atoms with Gasteiger partial charge in [-0.3, -0.25) is 18.9 Å². The highest BCUT2D eigenvalue weighted by molar-refractivity contribution is 6.30. The number of benzene rings is 2. The first-order valence-electron chi connectivity index (χ1n) is 12.3. The van der Waals surface area contributed by atoms with Crippen LogP contribution in [0.25, 0.3) is 16.7 Å². The summed E-state index contributed by atoms with van der Waals surface area (Å²) in [5, 5.41) is 13.1. The number of rotatable bonds is 6. The number of aliphatic hydroxyl groups is 1. The van der Waals surface area contributed by atoms with Gasteiger partial charge in [-0.25, -0.2) is 4.79 Å². The Morgan fingerprint density at radius 3 is 2.58 bits per heavy atom. The van der Waals surface area contributed by atoms with Crippen LogP contribution in [0.4, 0.5) is 0 Å². The summed E-state index contributed by atoms with van der Waals surface area (Å²) in [5.41, 5.74) is 4.35. The molecule has 1 saturated carbocycles. The Bertz CT molecular complexity index is 1470. The van der Waals surface area contributed by atoms with E-state index in [4.69, 9.17) is 11.6 Å². The minimum Gasteiger partial charge on any atom is -0.392 e. The van der Waals surface area contributed by atoms with Crippen molar-refractivity contribution < 1.29 is 9.90 Å². The number of halogens is 1. The van der Waals surface area contributed by atoms with Crippen molar-refractivity contribution in [2.45, 2.75) is 51.8 Å². The molecule has 1 aliphatic carbocycles. The van der Waals surface area contributed by atoms with Crippen molar-refractivity contribution in [1.29, 1.82) is 0 Å². The van der Waals surface area contributed by atoms with E-state index < -0.39 is 0 Å². The Labute approximate surface area is 214 Å².